The third kappa shape index (κ3) is 7.61. The lowest BCUT2D eigenvalue weighted by atomic mass is 10.2. The minimum atomic E-state index is -3.75. The van der Waals surface area contributed by atoms with E-state index < -0.39 is 22.5 Å². The number of aryl methyl sites for hydroxylation is 1. The summed E-state index contributed by atoms with van der Waals surface area (Å²) < 4.78 is 36.2. The summed E-state index contributed by atoms with van der Waals surface area (Å²) in [6.07, 6.45) is 1.44. The molecule has 2 rings (SSSR count). The van der Waals surface area contributed by atoms with Gasteiger partial charge in [0.1, 0.15) is 25.5 Å². The first-order chi connectivity index (χ1) is 13.4. The summed E-state index contributed by atoms with van der Waals surface area (Å²) in [6, 6.07) is 15.8. The number of nitrogens with one attached hydrogen (secondary N) is 1. The van der Waals surface area contributed by atoms with E-state index in [0.29, 0.717) is 11.3 Å². The van der Waals surface area contributed by atoms with Gasteiger partial charge in [-0.05, 0) is 42.8 Å². The number of sulfonamides is 1. The first-order valence-electron chi connectivity index (χ1n) is 8.41. The summed E-state index contributed by atoms with van der Waals surface area (Å²) in [4.78, 5) is 11.6. The number of hydrogen-bond acceptors (Lipinski definition) is 6. The largest absolute Gasteiger partial charge is 0.490 e. The summed E-state index contributed by atoms with van der Waals surface area (Å²) in [6.45, 7) is 1.54. The monoisotopic (exact) mass is 400 g/mol. The molecule has 1 N–H and O–H groups in total. The molecule has 0 bridgehead atoms. The van der Waals surface area contributed by atoms with E-state index in [1.165, 1.54) is 6.08 Å². The fourth-order valence-corrected chi connectivity index (χ4v) is 2.80. The van der Waals surface area contributed by atoms with Gasteiger partial charge in [0.15, 0.2) is 0 Å². The van der Waals surface area contributed by atoms with Crippen LogP contribution in [-0.4, -0.2) is 34.1 Å². The molecule has 0 spiro atoms. The lowest BCUT2D eigenvalue weighted by Gasteiger charge is -2.07. The summed E-state index contributed by atoms with van der Waals surface area (Å²) in [7, 11) is -3.75. The smallest absolute Gasteiger partial charge is 0.321 e. The lowest BCUT2D eigenvalue weighted by Crippen LogP contribution is -2.30. The predicted octanol–water partition coefficient (Wildman–Crippen LogP) is 2.38. The minimum Gasteiger partial charge on any atom is -0.490 e. The van der Waals surface area contributed by atoms with Gasteiger partial charge < -0.3 is 9.47 Å². The van der Waals surface area contributed by atoms with E-state index in [1.54, 1.807) is 36.4 Å². The maximum atomic E-state index is 11.9. The standard InChI is InChI=1S/C20H20N2O5S/c1-16-2-4-17(5-3-16)10-13-28(24,25)22-15-20(23)27-12-11-26-19-8-6-18(14-21)7-9-19/h2-10,13,22H,11-12,15H2,1H3/b13-10+. The quantitative estimate of drug-likeness (QED) is 0.512. The third-order valence-corrected chi connectivity index (χ3v) is 4.57. The molecule has 8 heteroatoms. The molecule has 0 aliphatic heterocycles. The molecule has 0 aliphatic rings. The molecular formula is C20H20N2O5S. The van der Waals surface area contributed by atoms with Crippen molar-refractivity contribution in [1.82, 2.24) is 4.72 Å². The highest BCUT2D eigenvalue weighted by molar-refractivity contribution is 7.92. The fraction of sp³-hybridized carbons (Fsp3) is 0.200. The molecule has 28 heavy (non-hydrogen) atoms. The average Bonchev–Trinajstić information content (AvgIpc) is 2.70. The van der Waals surface area contributed by atoms with Crippen LogP contribution in [0.15, 0.2) is 53.9 Å². The van der Waals surface area contributed by atoms with E-state index in [4.69, 9.17) is 14.7 Å². The van der Waals surface area contributed by atoms with Crippen LogP contribution in [0.25, 0.3) is 6.08 Å². The van der Waals surface area contributed by atoms with E-state index in [9.17, 15) is 13.2 Å². The van der Waals surface area contributed by atoms with E-state index in [0.717, 1.165) is 16.5 Å². The molecule has 0 saturated heterocycles. The highest BCUT2D eigenvalue weighted by atomic mass is 32.2. The number of nitriles is 1. The average molecular weight is 400 g/mol. The summed E-state index contributed by atoms with van der Waals surface area (Å²) in [5.74, 6) is -0.173. The van der Waals surface area contributed by atoms with Gasteiger partial charge >= 0.3 is 5.97 Å². The SMILES string of the molecule is Cc1ccc(/C=C/S(=O)(=O)NCC(=O)OCCOc2ccc(C#N)cc2)cc1. The van der Waals surface area contributed by atoms with Gasteiger partial charge in [-0.3, -0.25) is 4.79 Å². The van der Waals surface area contributed by atoms with Crippen LogP contribution in [0.4, 0.5) is 0 Å². The maximum Gasteiger partial charge on any atom is 0.321 e. The number of ether oxygens (including phenoxy) is 2. The van der Waals surface area contributed by atoms with Crippen LogP contribution in [0.5, 0.6) is 5.75 Å². The van der Waals surface area contributed by atoms with Gasteiger partial charge in [-0.25, -0.2) is 13.1 Å². The zero-order valence-corrected chi connectivity index (χ0v) is 16.1. The van der Waals surface area contributed by atoms with E-state index >= 15 is 0 Å². The van der Waals surface area contributed by atoms with Crippen LogP contribution in [0.2, 0.25) is 0 Å². The van der Waals surface area contributed by atoms with Crippen molar-refractivity contribution in [3.05, 3.63) is 70.6 Å². The van der Waals surface area contributed by atoms with E-state index in [1.807, 2.05) is 25.1 Å². The first-order valence-corrected chi connectivity index (χ1v) is 9.95. The van der Waals surface area contributed by atoms with Crippen molar-refractivity contribution in [3.63, 3.8) is 0 Å². The highest BCUT2D eigenvalue weighted by Gasteiger charge is 2.10. The molecule has 0 radical (unpaired) electrons. The first kappa shape index (κ1) is 21.2. The van der Waals surface area contributed by atoms with Gasteiger partial charge in [0, 0.05) is 5.41 Å². The number of hydrogen-bond donors (Lipinski definition) is 1. The lowest BCUT2D eigenvalue weighted by molar-refractivity contribution is -0.142. The third-order valence-electron chi connectivity index (χ3n) is 3.53. The molecule has 146 valence electrons. The minimum absolute atomic E-state index is 0.0280. The zero-order chi connectivity index (χ0) is 20.4. The van der Waals surface area contributed by atoms with Gasteiger partial charge in [-0.2, -0.15) is 5.26 Å². The number of carbonyl (C=O) groups excluding carboxylic acids is 1. The van der Waals surface area contributed by atoms with Gasteiger partial charge in [0.2, 0.25) is 10.0 Å². The fourth-order valence-electron chi connectivity index (χ4n) is 2.05. The number of nitrogens with zero attached hydrogens (tertiary/aromatic N) is 1. The predicted molar refractivity (Wildman–Crippen MR) is 105 cm³/mol. The second kappa shape index (κ2) is 10.3. The van der Waals surface area contributed by atoms with E-state index in [-0.39, 0.29) is 13.2 Å². The molecule has 2 aromatic carbocycles. The van der Waals surface area contributed by atoms with Crippen molar-refractivity contribution in [1.29, 1.82) is 5.26 Å². The molecule has 2 aromatic rings. The molecule has 0 saturated carbocycles. The van der Waals surface area contributed by atoms with Crippen LogP contribution in [0.1, 0.15) is 16.7 Å². The van der Waals surface area contributed by atoms with E-state index in [2.05, 4.69) is 4.72 Å². The van der Waals surface area contributed by atoms with Gasteiger partial charge in [-0.15, -0.1) is 0 Å². The molecule has 0 fully saturated rings. The van der Waals surface area contributed by atoms with Gasteiger partial charge in [0.25, 0.3) is 0 Å². The van der Waals surface area contributed by atoms with Crippen LogP contribution in [0, 0.1) is 18.3 Å². The molecule has 7 nitrogen and oxygen atoms in total. The Hall–Kier alpha value is -3.15. The van der Waals surface area contributed by atoms with Crippen LogP contribution in [0.3, 0.4) is 0 Å². The Labute approximate surface area is 164 Å². The molecule has 0 aromatic heterocycles. The second-order valence-corrected chi connectivity index (χ2v) is 7.44. The number of rotatable bonds is 9. The van der Waals surface area contributed by atoms with Crippen LogP contribution in [-0.2, 0) is 19.6 Å². The second-order valence-electron chi connectivity index (χ2n) is 5.78. The van der Waals surface area contributed by atoms with Crippen molar-refractivity contribution in [2.45, 2.75) is 6.92 Å². The Morgan fingerprint density at radius 3 is 2.43 bits per heavy atom. The summed E-state index contributed by atoms with van der Waals surface area (Å²) in [5, 5.41) is 9.71. The van der Waals surface area contributed by atoms with Crippen molar-refractivity contribution < 1.29 is 22.7 Å². The highest BCUT2D eigenvalue weighted by Crippen LogP contribution is 2.11. The Morgan fingerprint density at radius 2 is 1.79 bits per heavy atom. The molecule has 0 amide bonds. The maximum absolute atomic E-state index is 11.9. The summed E-state index contributed by atoms with van der Waals surface area (Å²) >= 11 is 0. The number of benzene rings is 2. The van der Waals surface area contributed by atoms with Crippen molar-refractivity contribution >= 4 is 22.1 Å². The molecular weight excluding hydrogens is 380 g/mol. The Bertz CT molecular complexity index is 959. The van der Waals surface area contributed by atoms with Crippen molar-refractivity contribution in [2.75, 3.05) is 19.8 Å². The molecule has 0 atom stereocenters. The normalized spacial score (nSPS) is 11.1. The van der Waals surface area contributed by atoms with Gasteiger partial charge in [-0.1, -0.05) is 29.8 Å². The Balaban J connectivity index is 1.69. The van der Waals surface area contributed by atoms with Crippen LogP contribution >= 0.6 is 0 Å². The van der Waals surface area contributed by atoms with Crippen LogP contribution < -0.4 is 9.46 Å². The number of esters is 1. The van der Waals surface area contributed by atoms with Crippen molar-refractivity contribution in [3.8, 4) is 11.8 Å². The summed E-state index contributed by atoms with van der Waals surface area (Å²) in [5.41, 5.74) is 2.32. The number of carbonyl (C=O) groups is 1. The molecule has 0 aliphatic carbocycles. The molecule has 0 heterocycles. The Morgan fingerprint density at radius 1 is 1.11 bits per heavy atom. The van der Waals surface area contributed by atoms with Crippen molar-refractivity contribution in [2.24, 2.45) is 0 Å². The zero-order valence-electron chi connectivity index (χ0n) is 15.3. The molecule has 0 unspecified atom stereocenters. The Kier molecular flexibility index (Phi) is 7.75. The van der Waals surface area contributed by atoms with Gasteiger partial charge in [0.05, 0.1) is 11.6 Å². The topological polar surface area (TPSA) is 105 Å².